The number of hydrogen-bond donors (Lipinski definition) is 2. The van der Waals surface area contributed by atoms with Crippen LogP contribution in [-0.2, 0) is 16.4 Å². The van der Waals surface area contributed by atoms with E-state index in [9.17, 15) is 8.42 Å². The van der Waals surface area contributed by atoms with Crippen molar-refractivity contribution in [3.05, 3.63) is 71.3 Å². The summed E-state index contributed by atoms with van der Waals surface area (Å²) in [4.78, 5) is 3.19. The Labute approximate surface area is 167 Å². The van der Waals surface area contributed by atoms with Gasteiger partial charge in [-0.2, -0.15) is 0 Å². The average Bonchev–Trinajstić information content (AvgIpc) is 2.73. The molecule has 2 aliphatic rings. The summed E-state index contributed by atoms with van der Waals surface area (Å²) >= 11 is 0. The topological polar surface area (TPSA) is 61.4 Å². The molecule has 0 saturated carbocycles. The standard InChI is InChI=1S/C22H27N3O2S/c1-2-18-16-23-14-15-25(18)24-28(26,27)22-13-6-5-11-21(22)20-12-7-9-17-8-3-4-10-19(17)20/h3-6,8,10-13,18,23-24H,2,7,9,14-16H2,1H3. The Bertz CT molecular complexity index is 985. The lowest BCUT2D eigenvalue weighted by molar-refractivity contribution is 0.131. The van der Waals surface area contributed by atoms with Gasteiger partial charge in [-0.15, -0.1) is 4.83 Å². The van der Waals surface area contributed by atoms with Gasteiger partial charge in [-0.25, -0.2) is 13.4 Å². The van der Waals surface area contributed by atoms with Crippen LogP contribution in [-0.4, -0.2) is 39.1 Å². The molecule has 1 atom stereocenters. The molecule has 1 heterocycles. The number of nitrogens with one attached hydrogen (secondary N) is 2. The summed E-state index contributed by atoms with van der Waals surface area (Å²) in [5.74, 6) is 0. The lowest BCUT2D eigenvalue weighted by atomic mass is 9.87. The van der Waals surface area contributed by atoms with E-state index >= 15 is 0 Å². The minimum Gasteiger partial charge on any atom is -0.314 e. The number of allylic oxidation sites excluding steroid dienone is 1. The largest absolute Gasteiger partial charge is 0.314 e. The van der Waals surface area contributed by atoms with Crippen molar-refractivity contribution in [2.24, 2.45) is 0 Å². The number of nitrogens with zero attached hydrogens (tertiary/aromatic N) is 1. The molecule has 0 radical (unpaired) electrons. The van der Waals surface area contributed by atoms with Crippen molar-refractivity contribution >= 4 is 15.6 Å². The fourth-order valence-corrected chi connectivity index (χ4v) is 5.48. The van der Waals surface area contributed by atoms with Crippen LogP contribution in [0.4, 0.5) is 0 Å². The van der Waals surface area contributed by atoms with E-state index in [1.54, 1.807) is 12.1 Å². The predicted molar refractivity (Wildman–Crippen MR) is 112 cm³/mol. The zero-order chi connectivity index (χ0) is 19.6. The minimum atomic E-state index is -3.68. The molecule has 6 heteroatoms. The third-order valence-corrected chi connectivity index (χ3v) is 7.01. The number of rotatable bonds is 5. The summed E-state index contributed by atoms with van der Waals surface area (Å²) < 4.78 is 26.7. The van der Waals surface area contributed by atoms with Gasteiger partial charge in [0.05, 0.1) is 4.90 Å². The molecule has 5 nitrogen and oxygen atoms in total. The molecule has 4 rings (SSSR count). The van der Waals surface area contributed by atoms with E-state index in [-0.39, 0.29) is 6.04 Å². The Morgan fingerprint density at radius 3 is 2.68 bits per heavy atom. The summed E-state index contributed by atoms with van der Waals surface area (Å²) in [5, 5.41) is 5.20. The van der Waals surface area contributed by atoms with Crippen LogP contribution in [0.2, 0.25) is 0 Å². The van der Waals surface area contributed by atoms with Gasteiger partial charge in [-0.1, -0.05) is 55.5 Å². The molecule has 1 aliphatic carbocycles. The Hall–Kier alpha value is -1.99. The van der Waals surface area contributed by atoms with Gasteiger partial charge in [0.15, 0.2) is 0 Å². The van der Waals surface area contributed by atoms with E-state index in [2.05, 4.69) is 35.3 Å². The Kier molecular flexibility index (Phi) is 5.64. The molecule has 2 N–H and O–H groups in total. The molecular weight excluding hydrogens is 370 g/mol. The van der Waals surface area contributed by atoms with E-state index in [1.165, 1.54) is 5.56 Å². The molecule has 0 aromatic heterocycles. The van der Waals surface area contributed by atoms with Crippen LogP contribution in [0.1, 0.15) is 36.5 Å². The molecule has 0 bridgehead atoms. The van der Waals surface area contributed by atoms with E-state index in [4.69, 9.17) is 0 Å². The molecule has 148 valence electrons. The lowest BCUT2D eigenvalue weighted by Gasteiger charge is -2.35. The summed E-state index contributed by atoms with van der Waals surface area (Å²) in [5.41, 5.74) is 4.18. The van der Waals surface area contributed by atoms with Crippen molar-refractivity contribution in [1.29, 1.82) is 0 Å². The maximum Gasteiger partial charge on any atom is 0.254 e. The highest BCUT2D eigenvalue weighted by molar-refractivity contribution is 7.89. The lowest BCUT2D eigenvalue weighted by Crippen LogP contribution is -2.57. The fraction of sp³-hybridized carbons (Fsp3) is 0.364. The van der Waals surface area contributed by atoms with E-state index in [1.807, 2.05) is 29.3 Å². The van der Waals surface area contributed by atoms with Crippen LogP contribution >= 0.6 is 0 Å². The molecule has 2 aromatic carbocycles. The highest BCUT2D eigenvalue weighted by atomic mass is 32.2. The quantitative estimate of drug-likeness (QED) is 0.814. The van der Waals surface area contributed by atoms with Gasteiger partial charge in [0, 0.05) is 31.2 Å². The maximum absolute atomic E-state index is 13.3. The van der Waals surface area contributed by atoms with Crippen molar-refractivity contribution < 1.29 is 8.42 Å². The first-order valence-electron chi connectivity index (χ1n) is 9.98. The van der Waals surface area contributed by atoms with Crippen LogP contribution in [0.5, 0.6) is 0 Å². The van der Waals surface area contributed by atoms with Crippen LogP contribution in [0.3, 0.4) is 0 Å². The summed E-state index contributed by atoms with van der Waals surface area (Å²) in [6, 6.07) is 15.8. The van der Waals surface area contributed by atoms with Crippen LogP contribution in [0, 0.1) is 0 Å². The molecule has 0 spiro atoms. The summed E-state index contributed by atoms with van der Waals surface area (Å²) in [6.45, 7) is 4.31. The van der Waals surface area contributed by atoms with Gasteiger partial charge >= 0.3 is 0 Å². The minimum absolute atomic E-state index is 0.158. The molecule has 1 saturated heterocycles. The number of benzene rings is 2. The van der Waals surface area contributed by atoms with Crippen molar-refractivity contribution in [2.75, 3.05) is 19.6 Å². The normalized spacial score (nSPS) is 20.5. The molecule has 1 unspecified atom stereocenters. The molecule has 28 heavy (non-hydrogen) atoms. The molecular formula is C22H27N3O2S. The SMILES string of the molecule is CCC1CNCCN1NS(=O)(=O)c1ccccc1C1=CCCc2ccccc21. The maximum atomic E-state index is 13.3. The zero-order valence-corrected chi connectivity index (χ0v) is 17.0. The molecule has 1 fully saturated rings. The second-order valence-corrected chi connectivity index (χ2v) is 8.99. The molecule has 1 aliphatic heterocycles. The first kappa shape index (κ1) is 19.3. The predicted octanol–water partition coefficient (Wildman–Crippen LogP) is 2.94. The number of piperazine rings is 1. The van der Waals surface area contributed by atoms with Gasteiger partial charge < -0.3 is 5.32 Å². The summed E-state index contributed by atoms with van der Waals surface area (Å²) in [7, 11) is -3.68. The third-order valence-electron chi connectivity index (χ3n) is 5.60. The van der Waals surface area contributed by atoms with Gasteiger partial charge in [-0.05, 0) is 42.0 Å². The van der Waals surface area contributed by atoms with E-state index < -0.39 is 10.0 Å². The number of sulfonamides is 1. The first-order chi connectivity index (χ1) is 13.6. The zero-order valence-electron chi connectivity index (χ0n) is 16.2. The smallest absolute Gasteiger partial charge is 0.254 e. The van der Waals surface area contributed by atoms with E-state index in [0.717, 1.165) is 49.1 Å². The fourth-order valence-electron chi connectivity index (χ4n) is 4.11. The van der Waals surface area contributed by atoms with Crippen LogP contribution < -0.4 is 10.1 Å². The third kappa shape index (κ3) is 3.78. The van der Waals surface area contributed by atoms with Crippen LogP contribution in [0.25, 0.3) is 5.57 Å². The number of fused-ring (bicyclic) bond motifs is 1. The van der Waals surface area contributed by atoms with Crippen LogP contribution in [0.15, 0.2) is 59.5 Å². The van der Waals surface area contributed by atoms with Crippen molar-refractivity contribution in [3.63, 3.8) is 0 Å². The highest BCUT2D eigenvalue weighted by Crippen LogP contribution is 2.34. The highest BCUT2D eigenvalue weighted by Gasteiger charge is 2.28. The van der Waals surface area contributed by atoms with E-state index in [0.29, 0.717) is 11.4 Å². The van der Waals surface area contributed by atoms with Gasteiger partial charge in [0.1, 0.15) is 0 Å². The molecule has 2 aromatic rings. The molecule has 0 amide bonds. The van der Waals surface area contributed by atoms with Crippen molar-refractivity contribution in [3.8, 4) is 0 Å². The first-order valence-corrected chi connectivity index (χ1v) is 11.5. The summed E-state index contributed by atoms with van der Waals surface area (Å²) in [6.07, 6.45) is 4.96. The Balaban J connectivity index is 1.71. The number of hydrogen-bond acceptors (Lipinski definition) is 4. The Morgan fingerprint density at radius 1 is 1.11 bits per heavy atom. The van der Waals surface area contributed by atoms with Gasteiger partial charge in [-0.3, -0.25) is 0 Å². The number of aryl methyl sites for hydroxylation is 1. The van der Waals surface area contributed by atoms with Gasteiger partial charge in [0.25, 0.3) is 10.0 Å². The Morgan fingerprint density at radius 2 is 1.86 bits per heavy atom. The second-order valence-electron chi connectivity index (χ2n) is 7.36. The van der Waals surface area contributed by atoms with Crippen molar-refractivity contribution in [2.45, 2.75) is 37.1 Å². The van der Waals surface area contributed by atoms with Crippen molar-refractivity contribution in [1.82, 2.24) is 15.2 Å². The monoisotopic (exact) mass is 397 g/mol. The second kappa shape index (κ2) is 8.17. The average molecular weight is 398 g/mol. The van der Waals surface area contributed by atoms with Gasteiger partial charge in [0.2, 0.25) is 0 Å². The number of hydrazine groups is 1.